The van der Waals surface area contributed by atoms with Crippen molar-refractivity contribution in [2.24, 2.45) is 5.41 Å². The molecule has 5 rings (SSSR count). The molecule has 0 amide bonds. The van der Waals surface area contributed by atoms with E-state index < -0.39 is 18.8 Å². The Morgan fingerprint density at radius 3 is 2.70 bits per heavy atom. The van der Waals surface area contributed by atoms with Crippen molar-refractivity contribution in [1.29, 1.82) is 5.26 Å². The molecule has 0 aliphatic carbocycles. The maximum atomic E-state index is 13.4. The Hall–Kier alpha value is -4.29. The van der Waals surface area contributed by atoms with E-state index in [-0.39, 0.29) is 5.41 Å². The first-order valence-electron chi connectivity index (χ1n) is 13.0. The first-order chi connectivity index (χ1) is 19.2. The summed E-state index contributed by atoms with van der Waals surface area (Å²) in [5.41, 5.74) is 4.77. The first kappa shape index (κ1) is 27.3. The van der Waals surface area contributed by atoms with Crippen molar-refractivity contribution in [3.8, 4) is 6.07 Å². The third-order valence-electron chi connectivity index (χ3n) is 6.64. The van der Waals surface area contributed by atoms with Crippen LogP contribution in [0.15, 0.2) is 61.1 Å². The van der Waals surface area contributed by atoms with Gasteiger partial charge in [-0.05, 0) is 42.2 Å². The van der Waals surface area contributed by atoms with E-state index in [4.69, 9.17) is 11.6 Å². The molecule has 0 fully saturated rings. The lowest BCUT2D eigenvalue weighted by molar-refractivity contribution is 0.351. The summed E-state index contributed by atoms with van der Waals surface area (Å²) in [5.74, 6) is 0. The molecule has 0 aliphatic rings. The standard InChI is InChI=1S/C30H30ClFN8/c1-18(13-32)40-16-26(38-39-40)29(22-7-5-9-25-21(22)8-6-10-34-25)37-20-11-23-27(36-17-30(2,3)4)19(14-33)15-35-28(23)24(31)12-20/h5-12,15-16,18,29,37H,13,17H2,1-4H3,(H,35,36)/t18?,29-/m0/s1. The number of pyridine rings is 2. The van der Waals surface area contributed by atoms with Gasteiger partial charge in [-0.15, -0.1) is 5.10 Å². The minimum atomic E-state index is -0.558. The van der Waals surface area contributed by atoms with Crippen molar-refractivity contribution in [3.05, 3.63) is 82.9 Å². The minimum absolute atomic E-state index is 0.0158. The molecule has 1 unspecified atom stereocenters. The third kappa shape index (κ3) is 5.54. The molecule has 0 bridgehead atoms. The van der Waals surface area contributed by atoms with Crippen molar-refractivity contribution in [2.45, 2.75) is 39.8 Å². The van der Waals surface area contributed by atoms with Crippen molar-refractivity contribution in [1.82, 2.24) is 25.0 Å². The molecule has 0 spiro atoms. The van der Waals surface area contributed by atoms with Gasteiger partial charge in [0, 0.05) is 35.4 Å². The van der Waals surface area contributed by atoms with Gasteiger partial charge >= 0.3 is 0 Å². The molecule has 3 heterocycles. The van der Waals surface area contributed by atoms with Crippen LogP contribution >= 0.6 is 11.6 Å². The van der Waals surface area contributed by atoms with E-state index in [9.17, 15) is 9.65 Å². The van der Waals surface area contributed by atoms with Crippen molar-refractivity contribution in [2.75, 3.05) is 23.9 Å². The summed E-state index contributed by atoms with van der Waals surface area (Å²) in [4.78, 5) is 8.99. The number of nitriles is 1. The molecule has 204 valence electrons. The largest absolute Gasteiger partial charge is 0.383 e. The summed E-state index contributed by atoms with van der Waals surface area (Å²) in [7, 11) is 0. The number of nitrogens with one attached hydrogen (secondary N) is 2. The van der Waals surface area contributed by atoms with Crippen LogP contribution in [0, 0.1) is 16.7 Å². The SMILES string of the molecule is CC(CF)n1cc([C@@H](Nc2cc(Cl)c3ncc(C#N)c(NCC(C)(C)C)c3c2)c2cccc3ncccc23)nn1. The maximum Gasteiger partial charge on any atom is 0.112 e. The van der Waals surface area contributed by atoms with Gasteiger partial charge in [-0.1, -0.05) is 55.8 Å². The normalized spacial score (nSPS) is 13.2. The van der Waals surface area contributed by atoms with Gasteiger partial charge in [0.05, 0.1) is 45.6 Å². The highest BCUT2D eigenvalue weighted by Gasteiger charge is 2.23. The molecule has 0 aliphatic heterocycles. The zero-order valence-electron chi connectivity index (χ0n) is 22.8. The molecule has 8 nitrogen and oxygen atoms in total. The molecule has 2 aromatic carbocycles. The number of rotatable bonds is 8. The van der Waals surface area contributed by atoms with E-state index in [2.05, 4.69) is 57.8 Å². The lowest BCUT2D eigenvalue weighted by Crippen LogP contribution is -2.20. The third-order valence-corrected chi connectivity index (χ3v) is 6.93. The predicted molar refractivity (Wildman–Crippen MR) is 157 cm³/mol. The second-order valence-corrected chi connectivity index (χ2v) is 11.5. The highest BCUT2D eigenvalue weighted by molar-refractivity contribution is 6.35. The smallest absolute Gasteiger partial charge is 0.112 e. The maximum absolute atomic E-state index is 13.4. The number of alkyl halides is 1. The van der Waals surface area contributed by atoms with Crippen LogP contribution in [0.2, 0.25) is 5.02 Å². The average Bonchev–Trinajstić information content (AvgIpc) is 3.43. The van der Waals surface area contributed by atoms with Gasteiger partial charge < -0.3 is 10.6 Å². The molecule has 2 atom stereocenters. The summed E-state index contributed by atoms with van der Waals surface area (Å²) < 4.78 is 15.0. The second-order valence-electron chi connectivity index (χ2n) is 11.0. The summed E-state index contributed by atoms with van der Waals surface area (Å²) in [5, 5.41) is 27.6. The monoisotopic (exact) mass is 556 g/mol. The number of hydrogen-bond acceptors (Lipinski definition) is 7. The number of hydrogen-bond donors (Lipinski definition) is 2. The molecule has 0 saturated carbocycles. The Labute approximate surface area is 237 Å². The van der Waals surface area contributed by atoms with Gasteiger partial charge in [-0.25, -0.2) is 9.07 Å². The summed E-state index contributed by atoms with van der Waals surface area (Å²) in [6.07, 6.45) is 5.05. The molecule has 5 aromatic rings. The molecule has 3 aromatic heterocycles. The molecule has 0 saturated heterocycles. The predicted octanol–water partition coefficient (Wildman–Crippen LogP) is 7.09. The Balaban J connectivity index is 1.65. The van der Waals surface area contributed by atoms with E-state index in [1.165, 1.54) is 4.68 Å². The number of anilines is 2. The van der Waals surface area contributed by atoms with Crippen LogP contribution in [-0.2, 0) is 0 Å². The fraction of sp³-hybridized carbons (Fsp3) is 0.300. The highest BCUT2D eigenvalue weighted by Crippen LogP contribution is 2.37. The van der Waals surface area contributed by atoms with Crippen molar-refractivity contribution in [3.63, 3.8) is 0 Å². The Morgan fingerprint density at radius 1 is 1.12 bits per heavy atom. The number of halogens is 2. The topological polar surface area (TPSA) is 104 Å². The van der Waals surface area contributed by atoms with E-state index in [0.29, 0.717) is 39.7 Å². The van der Waals surface area contributed by atoms with Crippen LogP contribution in [0.25, 0.3) is 21.8 Å². The molecular weight excluding hydrogens is 527 g/mol. The molecule has 10 heteroatoms. The number of fused-ring (bicyclic) bond motifs is 2. The molecular formula is C30H30ClFN8. The van der Waals surface area contributed by atoms with E-state index in [1.807, 2.05) is 42.5 Å². The molecule has 2 N–H and O–H groups in total. The first-order valence-corrected chi connectivity index (χ1v) is 13.4. The number of aromatic nitrogens is 5. The quantitative estimate of drug-likeness (QED) is 0.210. The van der Waals surface area contributed by atoms with Gasteiger partial charge in [-0.3, -0.25) is 9.97 Å². The highest BCUT2D eigenvalue weighted by atomic mass is 35.5. The molecule has 0 radical (unpaired) electrons. The van der Waals surface area contributed by atoms with Gasteiger partial charge in [0.25, 0.3) is 0 Å². The van der Waals surface area contributed by atoms with Crippen LogP contribution in [-0.4, -0.2) is 38.2 Å². The fourth-order valence-electron chi connectivity index (χ4n) is 4.54. The van der Waals surface area contributed by atoms with E-state index in [0.717, 1.165) is 21.9 Å². The summed E-state index contributed by atoms with van der Waals surface area (Å²) in [6.45, 7) is 8.20. The van der Waals surface area contributed by atoms with Crippen LogP contribution < -0.4 is 10.6 Å². The van der Waals surface area contributed by atoms with Gasteiger partial charge in [0.1, 0.15) is 18.4 Å². The second kappa shape index (κ2) is 11.1. The number of benzene rings is 2. The van der Waals surface area contributed by atoms with E-state index in [1.54, 1.807) is 25.5 Å². The number of nitrogens with zero attached hydrogens (tertiary/aromatic N) is 6. The van der Waals surface area contributed by atoms with Gasteiger partial charge in [0.2, 0.25) is 0 Å². The Bertz CT molecular complexity index is 1710. The van der Waals surface area contributed by atoms with Crippen molar-refractivity contribution >= 4 is 44.8 Å². The average molecular weight is 557 g/mol. The van der Waals surface area contributed by atoms with E-state index >= 15 is 0 Å². The van der Waals surface area contributed by atoms with Crippen LogP contribution in [0.3, 0.4) is 0 Å². The summed E-state index contributed by atoms with van der Waals surface area (Å²) in [6, 6.07) is 14.9. The Morgan fingerprint density at radius 2 is 1.95 bits per heavy atom. The molecule has 40 heavy (non-hydrogen) atoms. The van der Waals surface area contributed by atoms with Gasteiger partial charge in [-0.2, -0.15) is 5.26 Å². The van der Waals surface area contributed by atoms with Crippen LogP contribution in [0.4, 0.5) is 15.8 Å². The van der Waals surface area contributed by atoms with Gasteiger partial charge in [0.15, 0.2) is 0 Å². The zero-order valence-corrected chi connectivity index (χ0v) is 23.5. The van der Waals surface area contributed by atoms with Crippen LogP contribution in [0.1, 0.15) is 56.6 Å². The lowest BCUT2D eigenvalue weighted by Gasteiger charge is -2.23. The zero-order chi connectivity index (χ0) is 28.4. The summed E-state index contributed by atoms with van der Waals surface area (Å²) >= 11 is 6.76. The minimum Gasteiger partial charge on any atom is -0.383 e. The lowest BCUT2D eigenvalue weighted by atomic mass is 9.96. The van der Waals surface area contributed by atoms with Crippen LogP contribution in [0.5, 0.6) is 0 Å². The Kier molecular flexibility index (Phi) is 7.55. The van der Waals surface area contributed by atoms with Crippen molar-refractivity contribution < 1.29 is 4.39 Å². The fourth-order valence-corrected chi connectivity index (χ4v) is 4.81.